The molecule has 2 aromatic rings. The van der Waals surface area contributed by atoms with Crippen molar-refractivity contribution >= 4 is 11.0 Å². The van der Waals surface area contributed by atoms with Crippen molar-refractivity contribution in [2.24, 2.45) is 0 Å². The zero-order valence-corrected chi connectivity index (χ0v) is 18.8. The van der Waals surface area contributed by atoms with E-state index in [9.17, 15) is 35.4 Å². The summed E-state index contributed by atoms with van der Waals surface area (Å²) in [7, 11) is 1.38. The number of hydrogen-bond acceptors (Lipinski definition) is 13. The molecule has 194 valence electrons. The summed E-state index contributed by atoms with van der Waals surface area (Å²) < 4.78 is 32.5. The first-order valence-electron chi connectivity index (χ1n) is 10.9. The molecule has 2 aliphatic rings. The Morgan fingerprint density at radius 3 is 2.23 bits per heavy atom. The van der Waals surface area contributed by atoms with E-state index in [1.54, 1.807) is 0 Å². The molecule has 4 rings (SSSR count). The van der Waals surface area contributed by atoms with Crippen LogP contribution in [0.4, 0.5) is 0 Å². The number of benzene rings is 1. The number of aliphatic hydroxyl groups is 6. The van der Waals surface area contributed by atoms with Crippen molar-refractivity contribution in [3.8, 4) is 11.5 Å². The normalized spacial score (nSPS) is 37.8. The van der Waals surface area contributed by atoms with E-state index in [4.69, 9.17) is 28.1 Å². The molecule has 1 aromatic carbocycles. The van der Waals surface area contributed by atoms with E-state index >= 15 is 0 Å². The van der Waals surface area contributed by atoms with Crippen molar-refractivity contribution in [3.05, 3.63) is 34.7 Å². The van der Waals surface area contributed by atoms with Gasteiger partial charge in [0, 0.05) is 17.5 Å². The van der Waals surface area contributed by atoms with E-state index in [-0.39, 0.29) is 17.1 Å². The highest BCUT2D eigenvalue weighted by atomic mass is 16.7. The van der Waals surface area contributed by atoms with Crippen molar-refractivity contribution < 1.29 is 58.7 Å². The molecule has 2 saturated heterocycles. The van der Waals surface area contributed by atoms with E-state index in [0.29, 0.717) is 5.39 Å². The Morgan fingerprint density at radius 2 is 1.51 bits per heavy atom. The van der Waals surface area contributed by atoms with Crippen molar-refractivity contribution in [2.75, 3.05) is 13.7 Å². The fraction of sp³-hybridized carbons (Fsp3) is 0.591. The van der Waals surface area contributed by atoms with Crippen LogP contribution in [0.25, 0.3) is 11.0 Å². The molecule has 10 atom stereocenters. The van der Waals surface area contributed by atoms with Gasteiger partial charge in [-0.3, -0.25) is 0 Å². The van der Waals surface area contributed by atoms with Crippen LogP contribution in [-0.2, 0) is 14.2 Å². The standard InChI is InChI=1S/C22H28O13/c1-8-15(24)17(26)19(28)21(32-8)31-7-13-16(25)18(27)20(29)22(35-13)34-12-6-10-9(5-11(12)30-2)3-4-14(23)33-10/h3-6,8,13,15-22,24-29H,7H2,1-2H3/t8-,13+,15-,16+,17+,18-,19+,20+,21+,22-/m0/s1. The monoisotopic (exact) mass is 500 g/mol. The summed E-state index contributed by atoms with van der Waals surface area (Å²) in [5, 5.41) is 61.5. The van der Waals surface area contributed by atoms with Crippen LogP contribution in [0.15, 0.2) is 33.5 Å². The number of hydrogen-bond donors (Lipinski definition) is 6. The van der Waals surface area contributed by atoms with Crippen LogP contribution in [0.3, 0.4) is 0 Å². The lowest BCUT2D eigenvalue weighted by Gasteiger charge is -2.42. The van der Waals surface area contributed by atoms with Crippen LogP contribution in [0.5, 0.6) is 11.5 Å². The predicted molar refractivity (Wildman–Crippen MR) is 115 cm³/mol. The van der Waals surface area contributed by atoms with Crippen molar-refractivity contribution in [2.45, 2.75) is 68.3 Å². The summed E-state index contributed by atoms with van der Waals surface area (Å²) in [6.45, 7) is 1.04. The fourth-order valence-electron chi connectivity index (χ4n) is 3.94. The number of aliphatic hydroxyl groups excluding tert-OH is 6. The molecular weight excluding hydrogens is 472 g/mol. The Hall–Kier alpha value is -2.33. The van der Waals surface area contributed by atoms with Crippen LogP contribution >= 0.6 is 0 Å². The molecule has 2 aliphatic heterocycles. The van der Waals surface area contributed by atoms with Gasteiger partial charge in [0.15, 0.2) is 17.8 Å². The second kappa shape index (κ2) is 10.3. The van der Waals surface area contributed by atoms with Crippen LogP contribution in [-0.4, -0.2) is 106 Å². The third-order valence-electron chi connectivity index (χ3n) is 6.05. The average molecular weight is 500 g/mol. The molecule has 0 spiro atoms. The molecule has 6 N–H and O–H groups in total. The third kappa shape index (κ3) is 5.14. The highest BCUT2D eigenvalue weighted by Crippen LogP contribution is 2.35. The van der Waals surface area contributed by atoms with Crippen molar-refractivity contribution in [1.29, 1.82) is 0 Å². The first-order chi connectivity index (χ1) is 16.6. The smallest absolute Gasteiger partial charge is 0.336 e. The summed E-state index contributed by atoms with van der Waals surface area (Å²) in [5.41, 5.74) is -0.408. The average Bonchev–Trinajstić information content (AvgIpc) is 2.84. The maximum absolute atomic E-state index is 11.6. The van der Waals surface area contributed by atoms with Gasteiger partial charge in [-0.15, -0.1) is 0 Å². The van der Waals surface area contributed by atoms with E-state index in [2.05, 4.69) is 0 Å². The summed E-state index contributed by atoms with van der Waals surface area (Å²) >= 11 is 0. The molecule has 35 heavy (non-hydrogen) atoms. The Bertz CT molecular complexity index is 1070. The summed E-state index contributed by atoms with van der Waals surface area (Å²) in [6.07, 6.45) is -14.4. The van der Waals surface area contributed by atoms with Gasteiger partial charge in [-0.2, -0.15) is 0 Å². The maximum atomic E-state index is 11.6. The van der Waals surface area contributed by atoms with Gasteiger partial charge in [0.25, 0.3) is 0 Å². The minimum Gasteiger partial charge on any atom is -0.493 e. The molecule has 0 aliphatic carbocycles. The molecular formula is C22H28O13. The van der Waals surface area contributed by atoms with Crippen molar-refractivity contribution in [1.82, 2.24) is 0 Å². The van der Waals surface area contributed by atoms with Gasteiger partial charge in [0.2, 0.25) is 6.29 Å². The third-order valence-corrected chi connectivity index (χ3v) is 6.05. The lowest BCUT2D eigenvalue weighted by Crippen LogP contribution is -2.61. The summed E-state index contributed by atoms with van der Waals surface area (Å²) in [5.74, 6) is 0.245. The van der Waals surface area contributed by atoms with E-state index in [1.807, 2.05) is 0 Å². The molecule has 0 unspecified atom stereocenters. The number of ether oxygens (including phenoxy) is 5. The largest absolute Gasteiger partial charge is 0.493 e. The van der Waals surface area contributed by atoms with Gasteiger partial charge in [0.1, 0.15) is 48.3 Å². The summed E-state index contributed by atoms with van der Waals surface area (Å²) in [6, 6.07) is 5.67. The molecule has 13 nitrogen and oxygen atoms in total. The molecule has 0 saturated carbocycles. The highest BCUT2D eigenvalue weighted by Gasteiger charge is 2.47. The lowest BCUT2D eigenvalue weighted by atomic mass is 9.98. The van der Waals surface area contributed by atoms with E-state index in [0.717, 1.165) is 0 Å². The van der Waals surface area contributed by atoms with Gasteiger partial charge < -0.3 is 58.7 Å². The second-order valence-electron chi connectivity index (χ2n) is 8.44. The molecule has 13 heteroatoms. The number of rotatable bonds is 6. The quantitative estimate of drug-likeness (QED) is 0.235. The molecule has 2 fully saturated rings. The van der Waals surface area contributed by atoms with Crippen molar-refractivity contribution in [3.63, 3.8) is 0 Å². The molecule has 0 amide bonds. The van der Waals surface area contributed by atoms with Gasteiger partial charge in [0.05, 0.1) is 19.8 Å². The zero-order chi connectivity index (χ0) is 25.4. The second-order valence-corrected chi connectivity index (χ2v) is 8.44. The predicted octanol–water partition coefficient (Wildman–Crippen LogP) is -2.17. The highest BCUT2D eigenvalue weighted by molar-refractivity contribution is 5.80. The Morgan fingerprint density at radius 1 is 0.829 bits per heavy atom. The van der Waals surface area contributed by atoms with Crippen LogP contribution in [0.1, 0.15) is 6.92 Å². The van der Waals surface area contributed by atoms with E-state index in [1.165, 1.54) is 38.3 Å². The van der Waals surface area contributed by atoms with Gasteiger partial charge >= 0.3 is 5.63 Å². The van der Waals surface area contributed by atoms with Crippen LogP contribution in [0.2, 0.25) is 0 Å². The number of fused-ring (bicyclic) bond motifs is 1. The summed E-state index contributed by atoms with van der Waals surface area (Å²) in [4.78, 5) is 11.6. The van der Waals surface area contributed by atoms with Crippen LogP contribution in [0, 0.1) is 0 Å². The topological polar surface area (TPSA) is 198 Å². The van der Waals surface area contributed by atoms with Gasteiger partial charge in [-0.1, -0.05) is 0 Å². The minimum absolute atomic E-state index is 0.0265. The van der Waals surface area contributed by atoms with Crippen LogP contribution < -0.4 is 15.1 Å². The molecule has 1 aromatic heterocycles. The van der Waals surface area contributed by atoms with Gasteiger partial charge in [-0.05, 0) is 19.1 Å². The fourth-order valence-corrected chi connectivity index (χ4v) is 3.94. The van der Waals surface area contributed by atoms with E-state index < -0.39 is 73.6 Å². The molecule has 3 heterocycles. The molecule has 0 bridgehead atoms. The SMILES string of the molecule is COc1cc2ccc(=O)oc2cc1O[C@H]1O[C@H](CO[C@@H]2O[C@@H](C)[C@H](O)[C@@H](O)[C@H]2O)[C@@H](O)[C@H](O)[C@H]1O. The van der Waals surface area contributed by atoms with Gasteiger partial charge in [-0.25, -0.2) is 4.79 Å². The molecule has 0 radical (unpaired) electrons. The minimum atomic E-state index is -1.70. The first-order valence-corrected chi connectivity index (χ1v) is 10.9. The number of methoxy groups -OCH3 is 1. The lowest BCUT2D eigenvalue weighted by molar-refractivity contribution is -0.318. The Kier molecular flexibility index (Phi) is 7.61. The Labute approximate surface area is 198 Å². The maximum Gasteiger partial charge on any atom is 0.336 e. The Balaban J connectivity index is 1.50. The first kappa shape index (κ1) is 25.8. The zero-order valence-electron chi connectivity index (χ0n) is 18.8.